The van der Waals surface area contributed by atoms with E-state index < -0.39 is 5.97 Å². The zero-order valence-electron chi connectivity index (χ0n) is 10.5. The molecule has 1 heterocycles. The Hall–Kier alpha value is -2.10. The molecule has 2 rings (SSSR count). The predicted octanol–water partition coefficient (Wildman–Crippen LogP) is 3.07. The van der Waals surface area contributed by atoms with Crippen molar-refractivity contribution < 1.29 is 9.53 Å². The van der Waals surface area contributed by atoms with Crippen molar-refractivity contribution in [2.75, 3.05) is 12.4 Å². The standard InChI is InChI=1S/C13H10ClN3O2S/c1-19-12(18)10-11(14)17-13(20-10)16-7-9-4-2-8(6-15)3-5-9/h2-5H,7H2,1H3,(H,16,17). The number of hydrogen-bond donors (Lipinski definition) is 1. The van der Waals surface area contributed by atoms with Crippen LogP contribution in [-0.4, -0.2) is 18.1 Å². The molecule has 2 aromatic rings. The molecule has 1 aromatic heterocycles. The van der Waals surface area contributed by atoms with E-state index in [4.69, 9.17) is 16.9 Å². The lowest BCUT2D eigenvalue weighted by Crippen LogP contribution is -1.98. The molecule has 0 fully saturated rings. The lowest BCUT2D eigenvalue weighted by atomic mass is 10.1. The van der Waals surface area contributed by atoms with E-state index in [2.05, 4.69) is 21.1 Å². The quantitative estimate of drug-likeness (QED) is 0.879. The van der Waals surface area contributed by atoms with Crippen LogP contribution in [0.25, 0.3) is 0 Å². The second-order valence-corrected chi connectivity index (χ2v) is 5.15. The summed E-state index contributed by atoms with van der Waals surface area (Å²) in [5.41, 5.74) is 1.61. The fraction of sp³-hybridized carbons (Fsp3) is 0.154. The largest absolute Gasteiger partial charge is 0.465 e. The molecular formula is C13H10ClN3O2S. The number of rotatable bonds is 4. The Bertz CT molecular complexity index is 661. The normalized spacial score (nSPS) is 9.85. The van der Waals surface area contributed by atoms with E-state index >= 15 is 0 Å². The average molecular weight is 308 g/mol. The summed E-state index contributed by atoms with van der Waals surface area (Å²) in [7, 11) is 1.29. The Labute approximate surface area is 124 Å². The van der Waals surface area contributed by atoms with Crippen LogP contribution in [0.1, 0.15) is 20.8 Å². The first-order valence-corrected chi connectivity index (χ1v) is 6.81. The van der Waals surface area contributed by atoms with Gasteiger partial charge in [0.25, 0.3) is 0 Å². The third-order valence-electron chi connectivity index (χ3n) is 2.48. The van der Waals surface area contributed by atoms with E-state index in [1.165, 1.54) is 7.11 Å². The molecule has 7 heteroatoms. The Morgan fingerprint density at radius 3 is 2.80 bits per heavy atom. The molecule has 0 unspecified atom stereocenters. The van der Waals surface area contributed by atoms with Crippen LogP contribution in [0.15, 0.2) is 24.3 Å². The molecule has 5 nitrogen and oxygen atoms in total. The van der Waals surface area contributed by atoms with Gasteiger partial charge in [-0.25, -0.2) is 9.78 Å². The number of nitrogens with zero attached hydrogens (tertiary/aromatic N) is 2. The summed E-state index contributed by atoms with van der Waals surface area (Å²) >= 11 is 7.00. The molecule has 0 aliphatic carbocycles. The highest BCUT2D eigenvalue weighted by molar-refractivity contribution is 7.18. The molecule has 0 spiro atoms. The van der Waals surface area contributed by atoms with Crippen LogP contribution in [-0.2, 0) is 11.3 Å². The summed E-state index contributed by atoms with van der Waals surface area (Å²) in [5, 5.41) is 12.5. The predicted molar refractivity (Wildman–Crippen MR) is 76.9 cm³/mol. The monoisotopic (exact) mass is 307 g/mol. The number of nitriles is 1. The molecule has 20 heavy (non-hydrogen) atoms. The van der Waals surface area contributed by atoms with Crippen molar-refractivity contribution in [3.8, 4) is 6.07 Å². The van der Waals surface area contributed by atoms with Gasteiger partial charge in [-0.2, -0.15) is 5.26 Å². The average Bonchev–Trinajstić information content (AvgIpc) is 2.86. The summed E-state index contributed by atoms with van der Waals surface area (Å²) in [6.45, 7) is 0.524. The molecule has 0 radical (unpaired) electrons. The number of benzene rings is 1. The van der Waals surface area contributed by atoms with Crippen molar-refractivity contribution in [2.24, 2.45) is 0 Å². The highest BCUT2D eigenvalue weighted by Gasteiger charge is 2.16. The maximum absolute atomic E-state index is 11.4. The maximum Gasteiger partial charge on any atom is 0.351 e. The number of aromatic nitrogens is 1. The molecular weight excluding hydrogens is 298 g/mol. The van der Waals surface area contributed by atoms with Crippen LogP contribution in [0.4, 0.5) is 5.13 Å². The second-order valence-electron chi connectivity index (χ2n) is 3.79. The van der Waals surface area contributed by atoms with Gasteiger partial charge in [-0.05, 0) is 17.7 Å². The van der Waals surface area contributed by atoms with Gasteiger partial charge in [-0.15, -0.1) is 0 Å². The number of esters is 1. The maximum atomic E-state index is 11.4. The van der Waals surface area contributed by atoms with E-state index in [9.17, 15) is 4.79 Å². The number of methoxy groups -OCH3 is 1. The van der Waals surface area contributed by atoms with E-state index in [0.717, 1.165) is 16.9 Å². The molecule has 0 aliphatic rings. The van der Waals surface area contributed by atoms with Gasteiger partial charge in [-0.3, -0.25) is 0 Å². The molecule has 1 aromatic carbocycles. The lowest BCUT2D eigenvalue weighted by Gasteiger charge is -2.02. The van der Waals surface area contributed by atoms with Crippen molar-refractivity contribution in [1.29, 1.82) is 5.26 Å². The van der Waals surface area contributed by atoms with E-state index in [1.54, 1.807) is 12.1 Å². The van der Waals surface area contributed by atoms with Crippen LogP contribution in [0.2, 0.25) is 5.15 Å². The minimum absolute atomic E-state index is 0.129. The third-order valence-corrected chi connectivity index (χ3v) is 3.86. The number of anilines is 1. The van der Waals surface area contributed by atoms with Crippen molar-refractivity contribution in [1.82, 2.24) is 4.98 Å². The van der Waals surface area contributed by atoms with Gasteiger partial charge in [0.1, 0.15) is 0 Å². The zero-order valence-corrected chi connectivity index (χ0v) is 12.1. The summed E-state index contributed by atoms with van der Waals surface area (Å²) in [5.74, 6) is -0.501. The van der Waals surface area contributed by atoms with Gasteiger partial charge < -0.3 is 10.1 Å². The fourth-order valence-corrected chi connectivity index (χ4v) is 2.57. The summed E-state index contributed by atoms with van der Waals surface area (Å²) in [6.07, 6.45) is 0. The van der Waals surface area contributed by atoms with E-state index in [-0.39, 0.29) is 10.0 Å². The highest BCUT2D eigenvalue weighted by atomic mass is 35.5. The minimum Gasteiger partial charge on any atom is -0.465 e. The number of carbonyl (C=O) groups is 1. The second kappa shape index (κ2) is 6.37. The Morgan fingerprint density at radius 1 is 1.50 bits per heavy atom. The number of hydrogen-bond acceptors (Lipinski definition) is 6. The number of halogens is 1. The summed E-state index contributed by atoms with van der Waals surface area (Å²) in [6, 6.07) is 9.24. The van der Waals surface area contributed by atoms with Crippen molar-refractivity contribution in [2.45, 2.75) is 6.54 Å². The van der Waals surface area contributed by atoms with Crippen molar-refractivity contribution in [3.05, 3.63) is 45.4 Å². The van der Waals surface area contributed by atoms with Crippen LogP contribution in [0, 0.1) is 11.3 Å². The van der Waals surface area contributed by atoms with Crippen molar-refractivity contribution in [3.63, 3.8) is 0 Å². The number of ether oxygens (including phenoxy) is 1. The van der Waals surface area contributed by atoms with Crippen LogP contribution < -0.4 is 5.32 Å². The summed E-state index contributed by atoms with van der Waals surface area (Å²) in [4.78, 5) is 15.7. The van der Waals surface area contributed by atoms with Gasteiger partial charge in [0.2, 0.25) is 0 Å². The van der Waals surface area contributed by atoms with Gasteiger partial charge in [0, 0.05) is 6.54 Å². The number of nitrogens with one attached hydrogen (secondary N) is 1. The first-order chi connectivity index (χ1) is 9.63. The lowest BCUT2D eigenvalue weighted by molar-refractivity contribution is 0.0606. The molecule has 1 N–H and O–H groups in total. The smallest absolute Gasteiger partial charge is 0.351 e. The first-order valence-electron chi connectivity index (χ1n) is 5.61. The Balaban J connectivity index is 2.03. The minimum atomic E-state index is -0.501. The van der Waals surface area contributed by atoms with E-state index in [0.29, 0.717) is 17.2 Å². The molecule has 0 saturated carbocycles. The fourth-order valence-electron chi connectivity index (χ4n) is 1.47. The molecule has 0 atom stereocenters. The van der Waals surface area contributed by atoms with Crippen LogP contribution in [0.3, 0.4) is 0 Å². The van der Waals surface area contributed by atoms with Gasteiger partial charge in [-0.1, -0.05) is 35.1 Å². The summed E-state index contributed by atoms with van der Waals surface area (Å²) < 4.78 is 4.61. The molecule has 0 amide bonds. The molecule has 0 aliphatic heterocycles. The SMILES string of the molecule is COC(=O)c1sc(NCc2ccc(C#N)cc2)nc1Cl. The number of thiazole rings is 1. The first kappa shape index (κ1) is 14.3. The topological polar surface area (TPSA) is 75.0 Å². The molecule has 102 valence electrons. The highest BCUT2D eigenvalue weighted by Crippen LogP contribution is 2.27. The third kappa shape index (κ3) is 3.26. The Kier molecular flexibility index (Phi) is 4.56. The van der Waals surface area contributed by atoms with Crippen molar-refractivity contribution >= 4 is 34.0 Å². The number of carbonyl (C=O) groups excluding carboxylic acids is 1. The zero-order chi connectivity index (χ0) is 14.5. The Morgan fingerprint density at radius 2 is 2.20 bits per heavy atom. The van der Waals surface area contributed by atoms with Crippen LogP contribution in [0.5, 0.6) is 0 Å². The van der Waals surface area contributed by atoms with E-state index in [1.807, 2.05) is 12.1 Å². The van der Waals surface area contributed by atoms with Gasteiger partial charge in [0.15, 0.2) is 15.2 Å². The molecule has 0 bridgehead atoms. The van der Waals surface area contributed by atoms with Crippen LogP contribution >= 0.6 is 22.9 Å². The van der Waals surface area contributed by atoms with Gasteiger partial charge in [0.05, 0.1) is 18.7 Å². The van der Waals surface area contributed by atoms with Gasteiger partial charge >= 0.3 is 5.97 Å². The molecule has 0 saturated heterocycles.